The Morgan fingerprint density at radius 1 is 1.50 bits per heavy atom. The predicted octanol–water partition coefficient (Wildman–Crippen LogP) is -0.0275. The molecule has 0 fully saturated rings. The number of amides is 1. The van der Waals surface area contributed by atoms with Crippen LogP contribution in [0.4, 0.5) is 0 Å². The van der Waals surface area contributed by atoms with Crippen molar-refractivity contribution < 1.29 is 23.3 Å². The van der Waals surface area contributed by atoms with Crippen LogP contribution in [0.5, 0.6) is 0 Å². The lowest BCUT2D eigenvalue weighted by atomic mass is 10.4. The maximum atomic E-state index is 11.4. The summed E-state index contributed by atoms with van der Waals surface area (Å²) in [7, 11) is 0.0537. The number of aromatic carboxylic acids is 1. The molecular formula is C9H11NO5S. The molecule has 6 nitrogen and oxygen atoms in total. The summed E-state index contributed by atoms with van der Waals surface area (Å²) in [5.74, 6) is -1.52. The normalized spacial score (nSPS) is 12.1. The van der Waals surface area contributed by atoms with Crippen molar-refractivity contribution in [3.05, 3.63) is 23.7 Å². The highest BCUT2D eigenvalue weighted by Gasteiger charge is 2.12. The topological polar surface area (TPSA) is 96.6 Å². The molecule has 0 aliphatic carbocycles. The number of rotatable bonds is 5. The third kappa shape index (κ3) is 3.50. The quantitative estimate of drug-likeness (QED) is 0.759. The molecule has 0 aromatic carbocycles. The van der Waals surface area contributed by atoms with E-state index in [-0.39, 0.29) is 23.2 Å². The summed E-state index contributed by atoms with van der Waals surface area (Å²) in [6.07, 6.45) is 0. The molecule has 0 radical (unpaired) electrons. The van der Waals surface area contributed by atoms with Crippen LogP contribution in [0.3, 0.4) is 0 Å². The van der Waals surface area contributed by atoms with Gasteiger partial charge in [0.25, 0.3) is 0 Å². The van der Waals surface area contributed by atoms with Crippen LogP contribution in [-0.2, 0) is 21.3 Å². The van der Waals surface area contributed by atoms with Crippen LogP contribution in [0.25, 0.3) is 0 Å². The van der Waals surface area contributed by atoms with Gasteiger partial charge in [-0.15, -0.1) is 0 Å². The van der Waals surface area contributed by atoms with Gasteiger partial charge in [0, 0.05) is 17.8 Å². The van der Waals surface area contributed by atoms with Gasteiger partial charge in [-0.05, 0) is 12.1 Å². The Labute approximate surface area is 94.1 Å². The molecule has 88 valence electrons. The molecule has 0 bridgehead atoms. The highest BCUT2D eigenvalue weighted by atomic mass is 32.2. The van der Waals surface area contributed by atoms with E-state index in [9.17, 15) is 13.8 Å². The fourth-order valence-electron chi connectivity index (χ4n) is 0.999. The maximum absolute atomic E-state index is 11.4. The molecule has 0 aliphatic heterocycles. The Balaban J connectivity index is 2.56. The largest absolute Gasteiger partial charge is 0.475 e. The standard InChI is InChI=1S/C9H11NO5S/c1-10-8(11)5-16(14)4-6-2-3-7(15-6)9(12)13/h2-3H,4-5H2,1H3,(H,10,11)(H,12,13). The highest BCUT2D eigenvalue weighted by Crippen LogP contribution is 2.10. The van der Waals surface area contributed by atoms with E-state index in [1.165, 1.54) is 19.2 Å². The first-order valence-electron chi connectivity index (χ1n) is 4.40. The summed E-state index contributed by atoms with van der Waals surface area (Å²) in [5, 5.41) is 10.9. The van der Waals surface area contributed by atoms with E-state index in [1.807, 2.05) is 0 Å². The van der Waals surface area contributed by atoms with Crippen molar-refractivity contribution in [1.29, 1.82) is 0 Å². The van der Waals surface area contributed by atoms with Gasteiger partial charge in [0.2, 0.25) is 11.7 Å². The van der Waals surface area contributed by atoms with E-state index in [1.54, 1.807) is 0 Å². The molecule has 0 aliphatic rings. The van der Waals surface area contributed by atoms with Gasteiger partial charge >= 0.3 is 5.97 Å². The molecule has 1 atom stereocenters. The van der Waals surface area contributed by atoms with Crippen molar-refractivity contribution >= 4 is 22.7 Å². The Morgan fingerprint density at radius 3 is 2.69 bits per heavy atom. The summed E-state index contributed by atoms with van der Waals surface area (Å²) in [5.41, 5.74) is 0. The van der Waals surface area contributed by atoms with E-state index in [0.717, 1.165) is 0 Å². The van der Waals surface area contributed by atoms with E-state index >= 15 is 0 Å². The fraction of sp³-hybridized carbons (Fsp3) is 0.333. The van der Waals surface area contributed by atoms with Crippen molar-refractivity contribution in [2.45, 2.75) is 5.75 Å². The van der Waals surface area contributed by atoms with E-state index in [0.29, 0.717) is 5.76 Å². The molecule has 1 amide bonds. The van der Waals surface area contributed by atoms with Crippen LogP contribution in [0.2, 0.25) is 0 Å². The molecule has 7 heteroatoms. The van der Waals surface area contributed by atoms with Crippen LogP contribution in [0, 0.1) is 0 Å². The van der Waals surface area contributed by atoms with Gasteiger partial charge in [-0.3, -0.25) is 9.00 Å². The molecule has 16 heavy (non-hydrogen) atoms. The molecule has 1 aromatic heterocycles. The van der Waals surface area contributed by atoms with Gasteiger partial charge in [0.15, 0.2) is 0 Å². The highest BCUT2D eigenvalue weighted by molar-refractivity contribution is 7.84. The number of carboxylic acids is 1. The fourth-order valence-corrected chi connectivity index (χ4v) is 2.01. The maximum Gasteiger partial charge on any atom is 0.371 e. The Hall–Kier alpha value is -1.63. The number of carbonyl (C=O) groups is 2. The third-order valence-corrected chi connectivity index (χ3v) is 2.94. The van der Waals surface area contributed by atoms with Crippen molar-refractivity contribution in [2.24, 2.45) is 0 Å². The molecule has 0 saturated heterocycles. The molecular weight excluding hydrogens is 234 g/mol. The van der Waals surface area contributed by atoms with Crippen LogP contribution >= 0.6 is 0 Å². The average molecular weight is 245 g/mol. The molecule has 0 saturated carbocycles. The zero-order valence-corrected chi connectivity index (χ0v) is 9.37. The number of hydrogen-bond donors (Lipinski definition) is 2. The lowest BCUT2D eigenvalue weighted by Crippen LogP contribution is -2.24. The monoisotopic (exact) mass is 245 g/mol. The summed E-state index contributed by atoms with van der Waals surface area (Å²) in [4.78, 5) is 21.4. The van der Waals surface area contributed by atoms with Crippen molar-refractivity contribution in [3.63, 3.8) is 0 Å². The minimum absolute atomic E-state index is 0.0285. The zero-order chi connectivity index (χ0) is 12.1. The van der Waals surface area contributed by atoms with Crippen LogP contribution in [0.15, 0.2) is 16.5 Å². The molecule has 1 rings (SSSR count). The minimum Gasteiger partial charge on any atom is -0.475 e. The van der Waals surface area contributed by atoms with Crippen LogP contribution < -0.4 is 5.32 Å². The van der Waals surface area contributed by atoms with Crippen LogP contribution in [0.1, 0.15) is 16.3 Å². The van der Waals surface area contributed by atoms with Gasteiger partial charge in [-0.25, -0.2) is 4.79 Å². The Bertz CT molecular complexity index is 425. The second-order valence-corrected chi connectivity index (χ2v) is 4.43. The third-order valence-electron chi connectivity index (χ3n) is 1.75. The smallest absolute Gasteiger partial charge is 0.371 e. The molecule has 1 aromatic rings. The Morgan fingerprint density at radius 2 is 2.19 bits per heavy atom. The summed E-state index contributed by atoms with van der Waals surface area (Å²) in [6, 6.07) is 2.72. The summed E-state index contributed by atoms with van der Waals surface area (Å²) in [6.45, 7) is 0. The van der Waals surface area contributed by atoms with Gasteiger partial charge in [-0.2, -0.15) is 0 Å². The predicted molar refractivity (Wildman–Crippen MR) is 56.4 cm³/mol. The van der Waals surface area contributed by atoms with E-state index in [2.05, 4.69) is 5.32 Å². The second kappa shape index (κ2) is 5.45. The number of carbonyl (C=O) groups excluding carboxylic acids is 1. The molecule has 0 spiro atoms. The van der Waals surface area contributed by atoms with Crippen molar-refractivity contribution in [2.75, 3.05) is 12.8 Å². The average Bonchev–Trinajstić information content (AvgIpc) is 2.65. The second-order valence-electron chi connectivity index (χ2n) is 2.97. The first-order chi connectivity index (χ1) is 7.52. The number of carboxylic acid groups (broad SMARTS) is 1. The first kappa shape index (κ1) is 12.4. The Kier molecular flexibility index (Phi) is 4.24. The minimum atomic E-state index is -1.40. The van der Waals surface area contributed by atoms with E-state index in [4.69, 9.17) is 9.52 Å². The van der Waals surface area contributed by atoms with Crippen molar-refractivity contribution in [3.8, 4) is 0 Å². The first-order valence-corrected chi connectivity index (χ1v) is 5.89. The van der Waals surface area contributed by atoms with E-state index < -0.39 is 16.8 Å². The van der Waals surface area contributed by atoms with Crippen LogP contribution in [-0.4, -0.2) is 34.0 Å². The number of furan rings is 1. The molecule has 1 heterocycles. The van der Waals surface area contributed by atoms with Gasteiger partial charge in [-0.1, -0.05) is 0 Å². The zero-order valence-electron chi connectivity index (χ0n) is 8.56. The van der Waals surface area contributed by atoms with Gasteiger partial charge in [0.05, 0.1) is 5.75 Å². The summed E-state index contributed by atoms with van der Waals surface area (Å²) < 4.78 is 16.3. The summed E-state index contributed by atoms with van der Waals surface area (Å²) >= 11 is 0. The lowest BCUT2D eigenvalue weighted by molar-refractivity contribution is -0.118. The number of hydrogen-bond acceptors (Lipinski definition) is 4. The number of nitrogens with one attached hydrogen (secondary N) is 1. The van der Waals surface area contributed by atoms with Gasteiger partial charge in [0.1, 0.15) is 11.5 Å². The molecule has 1 unspecified atom stereocenters. The molecule has 2 N–H and O–H groups in total. The SMILES string of the molecule is CNC(=O)CS(=O)Cc1ccc(C(=O)O)o1. The lowest BCUT2D eigenvalue weighted by Gasteiger charge is -1.98. The van der Waals surface area contributed by atoms with Crippen molar-refractivity contribution in [1.82, 2.24) is 5.32 Å². The van der Waals surface area contributed by atoms with Gasteiger partial charge < -0.3 is 14.8 Å².